The summed E-state index contributed by atoms with van der Waals surface area (Å²) in [6.45, 7) is 5.69. The zero-order chi connectivity index (χ0) is 18.9. The van der Waals surface area contributed by atoms with Crippen molar-refractivity contribution in [3.05, 3.63) is 48.3 Å². The van der Waals surface area contributed by atoms with E-state index in [4.69, 9.17) is 4.74 Å². The predicted molar refractivity (Wildman–Crippen MR) is 97.4 cm³/mol. The van der Waals surface area contributed by atoms with Crippen molar-refractivity contribution in [1.29, 1.82) is 0 Å². The molecule has 1 amide bonds. The molecule has 3 rings (SSSR count). The van der Waals surface area contributed by atoms with E-state index in [1.54, 1.807) is 35.5 Å². The Labute approximate surface area is 153 Å². The van der Waals surface area contributed by atoms with Gasteiger partial charge in [0.05, 0.1) is 17.1 Å². The fourth-order valence-electron chi connectivity index (χ4n) is 2.80. The molecule has 2 aromatic rings. The van der Waals surface area contributed by atoms with Crippen LogP contribution < -0.4 is 14.4 Å². The highest BCUT2D eigenvalue weighted by Gasteiger charge is 2.34. The van der Waals surface area contributed by atoms with E-state index in [1.807, 2.05) is 13.8 Å². The largest absolute Gasteiger partial charge is 0.484 e. The maximum atomic E-state index is 12.6. The van der Waals surface area contributed by atoms with Gasteiger partial charge in [0.15, 0.2) is 0 Å². The second-order valence-electron chi connectivity index (χ2n) is 6.78. The summed E-state index contributed by atoms with van der Waals surface area (Å²) in [6, 6.07) is 8.06. The molecule has 8 heteroatoms. The molecule has 0 aliphatic carbocycles. The number of anilines is 1. The number of rotatable bonds is 4. The molecular weight excluding hydrogens is 354 g/mol. The Morgan fingerprint density at radius 1 is 1.35 bits per heavy atom. The molecule has 1 aromatic carbocycles. The maximum Gasteiger partial charge on any atom is 0.240 e. The number of sulfonamides is 1. The van der Waals surface area contributed by atoms with Crippen LogP contribution in [0.5, 0.6) is 5.75 Å². The maximum absolute atomic E-state index is 12.6. The lowest BCUT2D eigenvalue weighted by molar-refractivity contribution is -0.117. The van der Waals surface area contributed by atoms with Gasteiger partial charge in [-0.1, -0.05) is 6.07 Å². The highest BCUT2D eigenvalue weighted by molar-refractivity contribution is 7.89. The van der Waals surface area contributed by atoms with Crippen molar-refractivity contribution in [1.82, 2.24) is 9.71 Å². The highest BCUT2D eigenvalue weighted by Crippen LogP contribution is 2.38. The van der Waals surface area contributed by atoms with Crippen molar-refractivity contribution in [2.75, 3.05) is 11.4 Å². The number of nitrogens with zero attached hydrogens (tertiary/aromatic N) is 2. The molecule has 138 valence electrons. The molecule has 7 nitrogen and oxygen atoms in total. The molecule has 0 atom stereocenters. The minimum absolute atomic E-state index is 0.0784. The molecule has 0 radical (unpaired) electrons. The first kappa shape index (κ1) is 18.3. The minimum Gasteiger partial charge on any atom is -0.484 e. The van der Waals surface area contributed by atoms with Crippen LogP contribution in [-0.4, -0.2) is 31.5 Å². The first-order valence-corrected chi connectivity index (χ1v) is 9.66. The van der Waals surface area contributed by atoms with Crippen LogP contribution in [0.15, 0.2) is 47.6 Å². The normalized spacial score (nSPS) is 15.9. The number of fused-ring (bicyclic) bond motifs is 1. The van der Waals surface area contributed by atoms with Gasteiger partial charge in [-0.3, -0.25) is 9.78 Å². The Kier molecular flexibility index (Phi) is 4.72. The van der Waals surface area contributed by atoms with Crippen LogP contribution in [0.2, 0.25) is 0 Å². The van der Waals surface area contributed by atoms with Crippen molar-refractivity contribution >= 4 is 21.6 Å². The van der Waals surface area contributed by atoms with Crippen LogP contribution in [0.4, 0.5) is 5.69 Å². The Hall–Kier alpha value is -2.45. The van der Waals surface area contributed by atoms with Crippen LogP contribution in [0.1, 0.15) is 26.3 Å². The fraction of sp³-hybridized carbons (Fsp3) is 0.333. The quantitative estimate of drug-likeness (QED) is 0.884. The van der Waals surface area contributed by atoms with Gasteiger partial charge in [-0.15, -0.1) is 0 Å². The fourth-order valence-corrected chi connectivity index (χ4v) is 3.84. The minimum atomic E-state index is -3.74. The van der Waals surface area contributed by atoms with Crippen molar-refractivity contribution < 1.29 is 17.9 Å². The average molecular weight is 375 g/mol. The van der Waals surface area contributed by atoms with Gasteiger partial charge >= 0.3 is 0 Å². The van der Waals surface area contributed by atoms with E-state index in [-0.39, 0.29) is 17.3 Å². The van der Waals surface area contributed by atoms with E-state index >= 15 is 0 Å². The topological polar surface area (TPSA) is 88.6 Å². The third kappa shape index (κ3) is 3.86. The lowest BCUT2D eigenvalue weighted by Gasteiger charge is -2.39. The van der Waals surface area contributed by atoms with Gasteiger partial charge in [0.1, 0.15) is 11.4 Å². The molecule has 0 saturated heterocycles. The van der Waals surface area contributed by atoms with Crippen LogP contribution >= 0.6 is 0 Å². The summed E-state index contributed by atoms with van der Waals surface area (Å²) in [6.07, 6.45) is 3.22. The Morgan fingerprint density at radius 3 is 2.77 bits per heavy atom. The third-order valence-electron chi connectivity index (χ3n) is 4.03. The highest BCUT2D eigenvalue weighted by atomic mass is 32.2. The molecular formula is C18H21N3O4S. The van der Waals surface area contributed by atoms with Gasteiger partial charge in [0.25, 0.3) is 0 Å². The second-order valence-corrected chi connectivity index (χ2v) is 8.55. The predicted octanol–water partition coefficient (Wildman–Crippen LogP) is 2.08. The number of carbonyl (C=O) groups excluding carboxylic acids is 1. The first-order chi connectivity index (χ1) is 12.2. The van der Waals surface area contributed by atoms with E-state index in [9.17, 15) is 13.2 Å². The lowest BCUT2D eigenvalue weighted by atomic mass is 10.1. The van der Waals surface area contributed by atoms with Crippen LogP contribution in [0, 0.1) is 0 Å². The first-order valence-electron chi connectivity index (χ1n) is 8.18. The molecule has 2 heterocycles. The average Bonchev–Trinajstić information content (AvgIpc) is 2.59. The Morgan fingerprint density at radius 2 is 2.12 bits per heavy atom. The number of benzene rings is 1. The summed E-state index contributed by atoms with van der Waals surface area (Å²) in [5.74, 6) is 0.322. The lowest BCUT2D eigenvalue weighted by Crippen LogP contribution is -2.48. The molecule has 0 bridgehead atoms. The molecule has 0 spiro atoms. The number of hydrogen-bond donors (Lipinski definition) is 1. The second kappa shape index (κ2) is 6.69. The molecule has 1 N–H and O–H groups in total. The van der Waals surface area contributed by atoms with Crippen LogP contribution in [-0.2, 0) is 21.4 Å². The number of hydrogen-bond acceptors (Lipinski definition) is 5. The summed E-state index contributed by atoms with van der Waals surface area (Å²) in [5, 5.41) is 0. The van der Waals surface area contributed by atoms with Gasteiger partial charge in [0.2, 0.25) is 15.9 Å². The number of carbonyl (C=O) groups is 1. The number of amides is 1. The Balaban J connectivity index is 1.90. The molecule has 0 saturated carbocycles. The summed E-state index contributed by atoms with van der Waals surface area (Å²) >= 11 is 0. The molecule has 1 aliphatic rings. The smallest absolute Gasteiger partial charge is 0.240 e. The van der Waals surface area contributed by atoms with Crippen molar-refractivity contribution in [3.63, 3.8) is 0 Å². The van der Waals surface area contributed by atoms with E-state index in [1.165, 1.54) is 19.1 Å². The van der Waals surface area contributed by atoms with Gasteiger partial charge in [-0.25, -0.2) is 13.1 Å². The van der Waals surface area contributed by atoms with Crippen molar-refractivity contribution in [2.24, 2.45) is 0 Å². The van der Waals surface area contributed by atoms with Gasteiger partial charge < -0.3 is 9.64 Å². The van der Waals surface area contributed by atoms with E-state index in [2.05, 4.69) is 9.71 Å². The molecule has 0 fully saturated rings. The zero-order valence-corrected chi connectivity index (χ0v) is 15.7. The molecule has 1 aromatic heterocycles. The zero-order valence-electron chi connectivity index (χ0n) is 14.9. The van der Waals surface area contributed by atoms with Gasteiger partial charge in [0, 0.05) is 25.9 Å². The number of ether oxygens (including phenoxy) is 1. The number of pyridine rings is 1. The SMILES string of the molecule is CC(=O)N1CC(C)(C)Oc2ccc(S(=O)(=O)NCc3cccnc3)cc21. The van der Waals surface area contributed by atoms with E-state index < -0.39 is 15.6 Å². The van der Waals surface area contributed by atoms with Crippen molar-refractivity contribution in [3.8, 4) is 5.75 Å². The molecule has 1 aliphatic heterocycles. The van der Waals surface area contributed by atoms with Gasteiger partial charge in [-0.2, -0.15) is 0 Å². The summed E-state index contributed by atoms with van der Waals surface area (Å²) in [4.78, 5) is 17.6. The van der Waals surface area contributed by atoms with Crippen LogP contribution in [0.25, 0.3) is 0 Å². The number of nitrogens with one attached hydrogen (secondary N) is 1. The monoisotopic (exact) mass is 375 g/mol. The van der Waals surface area contributed by atoms with Gasteiger partial charge in [-0.05, 0) is 43.7 Å². The van der Waals surface area contributed by atoms with E-state index in [0.717, 1.165) is 5.56 Å². The summed E-state index contributed by atoms with van der Waals surface area (Å²) in [5.41, 5.74) is 0.669. The summed E-state index contributed by atoms with van der Waals surface area (Å²) in [7, 11) is -3.74. The standard InChI is InChI=1S/C18H21N3O4S/c1-13(22)21-12-18(2,3)25-17-7-6-15(9-16(17)21)26(23,24)20-11-14-5-4-8-19-10-14/h4-10,20H,11-12H2,1-3H3. The molecule has 26 heavy (non-hydrogen) atoms. The molecule has 0 unspecified atom stereocenters. The van der Waals surface area contributed by atoms with Crippen molar-refractivity contribution in [2.45, 2.75) is 37.8 Å². The van der Waals surface area contributed by atoms with E-state index in [0.29, 0.717) is 18.0 Å². The summed E-state index contributed by atoms with van der Waals surface area (Å²) < 4.78 is 33.7. The number of aromatic nitrogens is 1. The Bertz CT molecular complexity index is 927. The third-order valence-corrected chi connectivity index (χ3v) is 5.42. The van der Waals surface area contributed by atoms with Crippen LogP contribution in [0.3, 0.4) is 0 Å².